The molecule has 2 aromatic carbocycles. The van der Waals surface area contributed by atoms with Crippen LogP contribution in [0.25, 0.3) is 0 Å². The SMILES string of the molecule is COc1ccc(Cl)cc1/C(N)=N/OC(=O)c1ccc(COc2ccc(Br)cc2)o1. The Morgan fingerprint density at radius 2 is 1.93 bits per heavy atom. The average molecular weight is 480 g/mol. The van der Waals surface area contributed by atoms with Crippen molar-refractivity contribution in [2.75, 3.05) is 7.11 Å². The number of carbonyl (C=O) groups excluding carboxylic acids is 1. The van der Waals surface area contributed by atoms with E-state index >= 15 is 0 Å². The molecule has 0 radical (unpaired) electrons. The van der Waals surface area contributed by atoms with Gasteiger partial charge in [0.2, 0.25) is 5.76 Å². The fourth-order valence-corrected chi connectivity index (χ4v) is 2.75. The monoisotopic (exact) mass is 478 g/mol. The van der Waals surface area contributed by atoms with E-state index in [9.17, 15) is 4.79 Å². The van der Waals surface area contributed by atoms with Crippen molar-refractivity contribution in [1.29, 1.82) is 0 Å². The zero-order chi connectivity index (χ0) is 20.8. The maximum atomic E-state index is 12.1. The van der Waals surface area contributed by atoms with E-state index in [1.165, 1.54) is 13.2 Å². The maximum Gasteiger partial charge on any atom is 0.400 e. The molecule has 3 aromatic rings. The van der Waals surface area contributed by atoms with E-state index in [1.54, 1.807) is 24.3 Å². The lowest BCUT2D eigenvalue weighted by Gasteiger charge is -2.07. The van der Waals surface area contributed by atoms with Gasteiger partial charge in [-0.2, -0.15) is 0 Å². The van der Waals surface area contributed by atoms with E-state index in [-0.39, 0.29) is 18.2 Å². The van der Waals surface area contributed by atoms with Crippen molar-refractivity contribution in [3.05, 3.63) is 81.2 Å². The number of oxime groups is 1. The van der Waals surface area contributed by atoms with Crippen LogP contribution in [0.3, 0.4) is 0 Å². The van der Waals surface area contributed by atoms with Gasteiger partial charge in [0.1, 0.15) is 23.9 Å². The molecule has 0 aliphatic carbocycles. The summed E-state index contributed by atoms with van der Waals surface area (Å²) < 4.78 is 17.2. The summed E-state index contributed by atoms with van der Waals surface area (Å²) in [6.07, 6.45) is 0. The Hall–Kier alpha value is -2.97. The molecular weight excluding hydrogens is 464 g/mol. The Morgan fingerprint density at radius 1 is 1.17 bits per heavy atom. The van der Waals surface area contributed by atoms with Gasteiger partial charge in [0.15, 0.2) is 5.84 Å². The van der Waals surface area contributed by atoms with Gasteiger partial charge in [0, 0.05) is 9.50 Å². The van der Waals surface area contributed by atoms with Crippen molar-refractivity contribution in [3.8, 4) is 11.5 Å². The van der Waals surface area contributed by atoms with Gasteiger partial charge in [-0.15, -0.1) is 0 Å². The van der Waals surface area contributed by atoms with Gasteiger partial charge in [-0.25, -0.2) is 4.79 Å². The molecule has 7 nitrogen and oxygen atoms in total. The van der Waals surface area contributed by atoms with Gasteiger partial charge in [-0.1, -0.05) is 32.7 Å². The fourth-order valence-electron chi connectivity index (χ4n) is 2.32. The van der Waals surface area contributed by atoms with Gasteiger partial charge in [-0.3, -0.25) is 0 Å². The molecule has 0 amide bonds. The van der Waals surface area contributed by atoms with E-state index in [0.29, 0.717) is 27.8 Å². The summed E-state index contributed by atoms with van der Waals surface area (Å²) in [6, 6.07) is 15.2. The number of hydrogen-bond acceptors (Lipinski definition) is 6. The summed E-state index contributed by atoms with van der Waals surface area (Å²) in [5, 5.41) is 4.08. The molecule has 0 saturated heterocycles. The first-order valence-corrected chi connectivity index (χ1v) is 9.49. The smallest absolute Gasteiger partial charge is 0.400 e. The number of carbonyl (C=O) groups is 1. The molecule has 29 heavy (non-hydrogen) atoms. The highest BCUT2D eigenvalue weighted by Crippen LogP contribution is 2.22. The number of hydrogen-bond donors (Lipinski definition) is 1. The number of furan rings is 1. The number of benzene rings is 2. The zero-order valence-corrected chi connectivity index (χ0v) is 17.6. The molecule has 3 rings (SSSR count). The molecule has 0 unspecified atom stereocenters. The fraction of sp³-hybridized carbons (Fsp3) is 0.100. The quantitative estimate of drug-likeness (QED) is 0.227. The molecule has 0 fully saturated rings. The maximum absolute atomic E-state index is 12.1. The molecule has 1 heterocycles. The predicted octanol–water partition coefficient (Wildman–Crippen LogP) is 4.76. The minimum absolute atomic E-state index is 0.0333. The van der Waals surface area contributed by atoms with Crippen LogP contribution in [-0.2, 0) is 11.4 Å². The van der Waals surface area contributed by atoms with Crippen molar-refractivity contribution in [3.63, 3.8) is 0 Å². The van der Waals surface area contributed by atoms with Crippen LogP contribution in [-0.4, -0.2) is 18.9 Å². The van der Waals surface area contributed by atoms with Gasteiger partial charge < -0.3 is 24.5 Å². The molecule has 0 bridgehead atoms. The van der Waals surface area contributed by atoms with Crippen molar-refractivity contribution < 1.29 is 23.5 Å². The van der Waals surface area contributed by atoms with Gasteiger partial charge in [0.25, 0.3) is 0 Å². The molecule has 0 atom stereocenters. The van der Waals surface area contributed by atoms with Crippen molar-refractivity contribution in [2.45, 2.75) is 6.61 Å². The summed E-state index contributed by atoms with van der Waals surface area (Å²) in [5.74, 6) is 0.660. The third-order valence-electron chi connectivity index (χ3n) is 3.72. The van der Waals surface area contributed by atoms with Gasteiger partial charge >= 0.3 is 5.97 Å². The van der Waals surface area contributed by atoms with Crippen LogP contribution in [0.5, 0.6) is 11.5 Å². The van der Waals surface area contributed by atoms with Crippen LogP contribution in [0.15, 0.2) is 68.6 Å². The molecule has 0 spiro atoms. The van der Waals surface area contributed by atoms with Crippen LogP contribution in [0.2, 0.25) is 5.02 Å². The Morgan fingerprint density at radius 3 is 2.66 bits per heavy atom. The average Bonchev–Trinajstić information content (AvgIpc) is 3.20. The number of amidine groups is 1. The Balaban J connectivity index is 1.62. The van der Waals surface area contributed by atoms with E-state index in [4.69, 9.17) is 36.1 Å². The topological polar surface area (TPSA) is 96.3 Å². The molecule has 0 saturated carbocycles. The van der Waals surface area contributed by atoms with E-state index in [0.717, 1.165) is 4.47 Å². The second-order valence-electron chi connectivity index (χ2n) is 5.71. The lowest BCUT2D eigenvalue weighted by Crippen LogP contribution is -2.16. The summed E-state index contributed by atoms with van der Waals surface area (Å²) >= 11 is 9.31. The Labute approximate surface area is 180 Å². The first-order chi connectivity index (χ1) is 14.0. The summed E-state index contributed by atoms with van der Waals surface area (Å²) in [7, 11) is 1.48. The van der Waals surface area contributed by atoms with Gasteiger partial charge in [0.05, 0.1) is 12.7 Å². The number of halogens is 2. The van der Waals surface area contributed by atoms with E-state index < -0.39 is 5.97 Å². The first kappa shape index (κ1) is 20.8. The standard InChI is InChI=1S/C20H16BrClN2O5/c1-26-17-8-4-13(22)10-16(17)19(23)24-29-20(25)18-9-7-15(28-18)11-27-14-5-2-12(21)3-6-14/h2-10H,11H2,1H3,(H2,23,24). The number of nitrogens with two attached hydrogens (primary N) is 1. The van der Waals surface area contributed by atoms with Crippen LogP contribution in [0, 0.1) is 0 Å². The molecule has 0 aliphatic heterocycles. The lowest BCUT2D eigenvalue weighted by atomic mass is 10.2. The number of nitrogens with zero attached hydrogens (tertiary/aromatic N) is 1. The Kier molecular flexibility index (Phi) is 6.79. The van der Waals surface area contributed by atoms with Crippen molar-refractivity contribution in [1.82, 2.24) is 0 Å². The highest BCUT2D eigenvalue weighted by molar-refractivity contribution is 9.10. The molecule has 9 heteroatoms. The lowest BCUT2D eigenvalue weighted by molar-refractivity contribution is 0.0475. The summed E-state index contributed by atoms with van der Waals surface area (Å²) in [5.41, 5.74) is 6.27. The second kappa shape index (κ2) is 9.49. The molecule has 150 valence electrons. The Bertz CT molecular complexity index is 1030. The van der Waals surface area contributed by atoms with Crippen LogP contribution in [0.1, 0.15) is 21.9 Å². The zero-order valence-electron chi connectivity index (χ0n) is 15.2. The van der Waals surface area contributed by atoms with E-state index in [1.807, 2.05) is 24.3 Å². The third-order valence-corrected chi connectivity index (χ3v) is 4.49. The minimum atomic E-state index is -0.802. The highest BCUT2D eigenvalue weighted by atomic mass is 79.9. The molecule has 2 N–H and O–H groups in total. The highest BCUT2D eigenvalue weighted by Gasteiger charge is 2.15. The molecule has 1 aromatic heterocycles. The van der Waals surface area contributed by atoms with Crippen LogP contribution < -0.4 is 15.2 Å². The molecular formula is C20H16BrClN2O5. The number of ether oxygens (including phenoxy) is 2. The largest absolute Gasteiger partial charge is 0.496 e. The number of rotatable bonds is 7. The summed E-state index contributed by atoms with van der Waals surface area (Å²) in [6.45, 7) is 0.153. The third kappa shape index (κ3) is 5.52. The minimum Gasteiger partial charge on any atom is -0.496 e. The normalized spacial score (nSPS) is 11.2. The van der Waals surface area contributed by atoms with Crippen molar-refractivity contribution >= 4 is 39.3 Å². The van der Waals surface area contributed by atoms with Gasteiger partial charge in [-0.05, 0) is 54.6 Å². The molecule has 0 aliphatic rings. The predicted molar refractivity (Wildman–Crippen MR) is 111 cm³/mol. The van der Waals surface area contributed by atoms with Crippen molar-refractivity contribution in [2.24, 2.45) is 10.9 Å². The van der Waals surface area contributed by atoms with Crippen LogP contribution in [0.4, 0.5) is 0 Å². The van der Waals surface area contributed by atoms with E-state index in [2.05, 4.69) is 21.1 Å². The second-order valence-corrected chi connectivity index (χ2v) is 7.06. The number of methoxy groups -OCH3 is 1. The van der Waals surface area contributed by atoms with Crippen LogP contribution >= 0.6 is 27.5 Å². The first-order valence-electron chi connectivity index (χ1n) is 8.32. The summed E-state index contributed by atoms with van der Waals surface area (Å²) in [4.78, 5) is 17.0.